The number of aldehydes is 1. The third-order valence-electron chi connectivity index (χ3n) is 4.96. The van der Waals surface area contributed by atoms with E-state index >= 15 is 0 Å². The lowest BCUT2D eigenvalue weighted by atomic mass is 9.81. The van der Waals surface area contributed by atoms with Crippen molar-refractivity contribution in [2.75, 3.05) is 7.11 Å². The number of rotatable bonds is 10. The smallest absolute Gasteiger partial charge is 0.154 e. The second-order valence-corrected chi connectivity index (χ2v) is 6.59. The summed E-state index contributed by atoms with van der Waals surface area (Å²) in [6.45, 7) is 15.5. The van der Waals surface area contributed by atoms with E-state index in [1.54, 1.807) is 7.11 Å². The van der Waals surface area contributed by atoms with Crippen molar-refractivity contribution in [3.8, 4) is 11.5 Å². The minimum atomic E-state index is -0.368. The standard InChI is InChI=1S/C23H28O3/c1-6-10-17-18(11-7-2)22-19(20(16-24)21(17)25-5)12-15-23(26-22,13-8-3)14-9-4/h6-9,16H,1-4,10-15H2,5H3. The number of allylic oxidation sites excluding steroid dienone is 2. The number of carbonyl (C=O) groups excluding carboxylic acids is 1. The van der Waals surface area contributed by atoms with Crippen LogP contribution in [0.15, 0.2) is 50.6 Å². The van der Waals surface area contributed by atoms with Crippen molar-refractivity contribution in [1.82, 2.24) is 0 Å². The number of hydrogen-bond donors (Lipinski definition) is 0. The molecule has 0 saturated heterocycles. The Bertz CT molecular complexity index is 718. The average Bonchev–Trinajstić information content (AvgIpc) is 2.63. The summed E-state index contributed by atoms with van der Waals surface area (Å²) in [5, 5.41) is 0. The zero-order valence-electron chi connectivity index (χ0n) is 15.7. The highest BCUT2D eigenvalue weighted by Crippen LogP contribution is 2.46. The van der Waals surface area contributed by atoms with E-state index in [2.05, 4.69) is 26.3 Å². The van der Waals surface area contributed by atoms with Gasteiger partial charge in [0.15, 0.2) is 6.29 Å². The molecule has 138 valence electrons. The summed E-state index contributed by atoms with van der Waals surface area (Å²) in [7, 11) is 1.60. The highest BCUT2D eigenvalue weighted by atomic mass is 16.5. The molecule has 1 aliphatic heterocycles. The van der Waals surface area contributed by atoms with Gasteiger partial charge in [0.2, 0.25) is 0 Å². The van der Waals surface area contributed by atoms with Gasteiger partial charge in [-0.3, -0.25) is 4.79 Å². The zero-order valence-corrected chi connectivity index (χ0v) is 15.7. The Morgan fingerprint density at radius 1 is 1.04 bits per heavy atom. The van der Waals surface area contributed by atoms with Crippen LogP contribution in [0.2, 0.25) is 0 Å². The molecule has 0 bridgehead atoms. The Morgan fingerprint density at radius 3 is 2.15 bits per heavy atom. The maximum absolute atomic E-state index is 11.9. The minimum Gasteiger partial charge on any atom is -0.496 e. The van der Waals surface area contributed by atoms with Crippen molar-refractivity contribution in [3.05, 3.63) is 72.9 Å². The van der Waals surface area contributed by atoms with Gasteiger partial charge in [-0.15, -0.1) is 26.3 Å². The molecule has 0 unspecified atom stereocenters. The van der Waals surface area contributed by atoms with Crippen molar-refractivity contribution < 1.29 is 14.3 Å². The molecule has 0 spiro atoms. The van der Waals surface area contributed by atoms with E-state index in [-0.39, 0.29) is 5.60 Å². The van der Waals surface area contributed by atoms with E-state index in [9.17, 15) is 4.79 Å². The lowest BCUT2D eigenvalue weighted by molar-refractivity contribution is 0.0502. The predicted octanol–water partition coefficient (Wildman–Crippen LogP) is 5.18. The molecule has 2 rings (SSSR count). The van der Waals surface area contributed by atoms with Crippen molar-refractivity contribution in [1.29, 1.82) is 0 Å². The van der Waals surface area contributed by atoms with Crippen LogP contribution in [-0.2, 0) is 19.3 Å². The molecule has 3 nitrogen and oxygen atoms in total. The summed E-state index contributed by atoms with van der Waals surface area (Å²) >= 11 is 0. The summed E-state index contributed by atoms with van der Waals surface area (Å²) in [4.78, 5) is 11.9. The summed E-state index contributed by atoms with van der Waals surface area (Å²) in [6.07, 6.45) is 12.6. The normalized spacial score (nSPS) is 14.5. The van der Waals surface area contributed by atoms with Gasteiger partial charge >= 0.3 is 0 Å². The molecular formula is C23H28O3. The molecule has 26 heavy (non-hydrogen) atoms. The molecule has 0 N–H and O–H groups in total. The fourth-order valence-corrected chi connectivity index (χ4v) is 3.85. The number of ether oxygens (including phenoxy) is 2. The molecule has 1 aliphatic rings. The Hall–Kier alpha value is -2.55. The van der Waals surface area contributed by atoms with Gasteiger partial charge in [0.25, 0.3) is 0 Å². The van der Waals surface area contributed by atoms with Crippen LogP contribution < -0.4 is 9.47 Å². The number of benzene rings is 1. The molecule has 1 aromatic rings. The van der Waals surface area contributed by atoms with Gasteiger partial charge in [-0.1, -0.05) is 24.3 Å². The van der Waals surface area contributed by atoms with Gasteiger partial charge in [-0.25, -0.2) is 0 Å². The maximum atomic E-state index is 11.9. The summed E-state index contributed by atoms with van der Waals surface area (Å²) in [5.41, 5.74) is 3.10. The molecule has 0 saturated carbocycles. The van der Waals surface area contributed by atoms with Crippen LogP contribution in [0.4, 0.5) is 0 Å². The first kappa shape index (κ1) is 19.8. The summed E-state index contributed by atoms with van der Waals surface area (Å²) in [5.74, 6) is 1.42. The topological polar surface area (TPSA) is 35.5 Å². The van der Waals surface area contributed by atoms with Crippen LogP contribution >= 0.6 is 0 Å². The van der Waals surface area contributed by atoms with E-state index < -0.39 is 0 Å². The number of hydrogen-bond acceptors (Lipinski definition) is 3. The fourth-order valence-electron chi connectivity index (χ4n) is 3.85. The van der Waals surface area contributed by atoms with Crippen molar-refractivity contribution in [2.24, 2.45) is 0 Å². The molecule has 0 fully saturated rings. The van der Waals surface area contributed by atoms with Gasteiger partial charge in [-0.2, -0.15) is 0 Å². The molecule has 1 heterocycles. The molecule has 0 radical (unpaired) electrons. The third-order valence-corrected chi connectivity index (χ3v) is 4.96. The predicted molar refractivity (Wildman–Crippen MR) is 107 cm³/mol. The maximum Gasteiger partial charge on any atom is 0.154 e. The largest absolute Gasteiger partial charge is 0.496 e. The first-order valence-electron chi connectivity index (χ1n) is 8.93. The molecule has 0 aromatic heterocycles. The quantitative estimate of drug-likeness (QED) is 0.430. The molecule has 0 aliphatic carbocycles. The van der Waals surface area contributed by atoms with Crippen molar-refractivity contribution in [3.63, 3.8) is 0 Å². The van der Waals surface area contributed by atoms with Crippen molar-refractivity contribution >= 4 is 6.29 Å². The first-order valence-corrected chi connectivity index (χ1v) is 8.93. The second-order valence-electron chi connectivity index (χ2n) is 6.59. The van der Waals surface area contributed by atoms with Crippen molar-refractivity contribution in [2.45, 2.75) is 44.1 Å². The Labute approximate surface area is 156 Å². The molecule has 3 heteroatoms. The van der Waals surface area contributed by atoms with Crippen LogP contribution in [0.5, 0.6) is 11.5 Å². The van der Waals surface area contributed by atoms with Gasteiger partial charge < -0.3 is 9.47 Å². The number of fused-ring (bicyclic) bond motifs is 1. The SMILES string of the molecule is C=CCc1c(CC=C)c2c(c(C=O)c1OC)CCC(CC=C)(CC=C)O2. The van der Waals surface area contributed by atoms with E-state index in [0.29, 0.717) is 24.2 Å². The van der Waals surface area contributed by atoms with Crippen LogP contribution in [0.3, 0.4) is 0 Å². The second kappa shape index (κ2) is 8.70. The van der Waals surface area contributed by atoms with E-state index in [4.69, 9.17) is 9.47 Å². The monoisotopic (exact) mass is 352 g/mol. The van der Waals surface area contributed by atoms with Crippen LogP contribution in [-0.4, -0.2) is 19.0 Å². The van der Waals surface area contributed by atoms with E-state index in [0.717, 1.165) is 54.4 Å². The summed E-state index contributed by atoms with van der Waals surface area (Å²) < 4.78 is 12.2. The van der Waals surface area contributed by atoms with E-state index in [1.807, 2.05) is 24.3 Å². The van der Waals surface area contributed by atoms with Gasteiger partial charge in [0, 0.05) is 29.5 Å². The van der Waals surface area contributed by atoms with Crippen LogP contribution in [0.25, 0.3) is 0 Å². The molecular weight excluding hydrogens is 324 g/mol. The van der Waals surface area contributed by atoms with E-state index in [1.165, 1.54) is 0 Å². The molecule has 0 atom stereocenters. The fraction of sp³-hybridized carbons (Fsp3) is 0.348. The molecule has 1 aromatic carbocycles. The third kappa shape index (κ3) is 3.52. The Morgan fingerprint density at radius 2 is 1.65 bits per heavy atom. The average molecular weight is 352 g/mol. The lowest BCUT2D eigenvalue weighted by Crippen LogP contribution is -2.39. The first-order chi connectivity index (χ1) is 12.6. The number of methoxy groups -OCH3 is 1. The van der Waals surface area contributed by atoms with Gasteiger partial charge in [0.05, 0.1) is 12.7 Å². The Balaban J connectivity index is 2.76. The van der Waals surface area contributed by atoms with Crippen LogP contribution in [0.1, 0.15) is 46.3 Å². The van der Waals surface area contributed by atoms with Crippen LogP contribution in [0, 0.1) is 0 Å². The highest BCUT2D eigenvalue weighted by Gasteiger charge is 2.38. The molecule has 0 amide bonds. The summed E-state index contributed by atoms with van der Waals surface area (Å²) in [6, 6.07) is 0. The number of carbonyl (C=O) groups is 1. The Kier molecular flexibility index (Phi) is 6.62. The van der Waals surface area contributed by atoms with Gasteiger partial charge in [-0.05, 0) is 25.7 Å². The minimum absolute atomic E-state index is 0.368. The zero-order chi connectivity index (χ0) is 19.2. The highest BCUT2D eigenvalue weighted by molar-refractivity contribution is 5.85. The lowest BCUT2D eigenvalue weighted by Gasteiger charge is -2.40. The van der Waals surface area contributed by atoms with Gasteiger partial charge in [0.1, 0.15) is 17.1 Å².